The summed E-state index contributed by atoms with van der Waals surface area (Å²) in [5.74, 6) is -0.436. The lowest BCUT2D eigenvalue weighted by Crippen LogP contribution is -2.45. The van der Waals surface area contributed by atoms with Gasteiger partial charge in [0, 0.05) is 24.7 Å². The zero-order chi connectivity index (χ0) is 17.6. The van der Waals surface area contributed by atoms with Gasteiger partial charge in [-0.3, -0.25) is 4.79 Å². The Balaban J connectivity index is 2.00. The Morgan fingerprint density at radius 1 is 1.38 bits per heavy atom. The number of rotatable bonds is 7. The van der Waals surface area contributed by atoms with Crippen LogP contribution >= 0.6 is 11.6 Å². The Morgan fingerprint density at radius 2 is 2.12 bits per heavy atom. The second kappa shape index (κ2) is 8.83. The van der Waals surface area contributed by atoms with Gasteiger partial charge in [0.2, 0.25) is 15.9 Å². The normalized spacial score (nSPS) is 19.2. The predicted molar refractivity (Wildman–Crippen MR) is 96.3 cm³/mol. The molecule has 1 fully saturated rings. The fraction of sp³-hybridized carbons (Fsp3) is 0.588. The molecular formula is C17H25ClN2O3S. The second-order valence-corrected chi connectivity index (χ2v) is 8.57. The summed E-state index contributed by atoms with van der Waals surface area (Å²) >= 11 is 6.07. The number of amides is 1. The van der Waals surface area contributed by atoms with Crippen molar-refractivity contribution in [1.82, 2.24) is 9.62 Å². The Labute approximate surface area is 149 Å². The van der Waals surface area contributed by atoms with Crippen LogP contribution in [0.5, 0.6) is 0 Å². The standard InChI is InChI=1S/C17H25ClN2O3S/c1-2-3-10-19-17(21)14-8-6-11-20(12-14)24(22,23)13-15-7-4-5-9-16(15)18/h4-5,7,9,14H,2-3,6,8,10-13H2,1H3,(H,19,21). The van der Waals surface area contributed by atoms with Crippen LogP contribution in [-0.4, -0.2) is 38.3 Å². The molecule has 7 heteroatoms. The molecule has 1 saturated heterocycles. The molecule has 1 aliphatic rings. The highest BCUT2D eigenvalue weighted by Crippen LogP contribution is 2.24. The molecule has 1 unspecified atom stereocenters. The van der Waals surface area contributed by atoms with Gasteiger partial charge in [-0.15, -0.1) is 0 Å². The third-order valence-electron chi connectivity index (χ3n) is 4.27. The van der Waals surface area contributed by atoms with Crippen LogP contribution in [0.25, 0.3) is 0 Å². The predicted octanol–water partition coefficient (Wildman–Crippen LogP) is 2.80. The minimum absolute atomic E-state index is 0.0407. The SMILES string of the molecule is CCCCNC(=O)C1CCCN(S(=O)(=O)Cc2ccccc2Cl)C1. The van der Waals surface area contributed by atoms with Crippen LogP contribution in [0.1, 0.15) is 38.2 Å². The number of nitrogens with zero attached hydrogens (tertiary/aromatic N) is 1. The number of hydrogen-bond acceptors (Lipinski definition) is 3. The van der Waals surface area contributed by atoms with Gasteiger partial charge in [0.15, 0.2) is 0 Å². The van der Waals surface area contributed by atoms with Gasteiger partial charge >= 0.3 is 0 Å². The summed E-state index contributed by atoms with van der Waals surface area (Å²) in [5, 5.41) is 3.35. The van der Waals surface area contributed by atoms with Gasteiger partial charge in [-0.25, -0.2) is 12.7 Å². The molecule has 1 aromatic carbocycles. The van der Waals surface area contributed by atoms with E-state index in [4.69, 9.17) is 11.6 Å². The minimum Gasteiger partial charge on any atom is -0.356 e. The number of piperidine rings is 1. The van der Waals surface area contributed by atoms with Crippen molar-refractivity contribution < 1.29 is 13.2 Å². The average molecular weight is 373 g/mol. The molecule has 0 spiro atoms. The van der Waals surface area contributed by atoms with Crippen LogP contribution in [0.4, 0.5) is 0 Å². The first-order valence-electron chi connectivity index (χ1n) is 8.43. The van der Waals surface area contributed by atoms with Crippen molar-refractivity contribution in [2.24, 2.45) is 5.92 Å². The zero-order valence-corrected chi connectivity index (χ0v) is 15.6. The summed E-state index contributed by atoms with van der Waals surface area (Å²) in [5.41, 5.74) is 0.591. The number of unbranched alkanes of at least 4 members (excludes halogenated alkanes) is 1. The summed E-state index contributed by atoms with van der Waals surface area (Å²) in [6.07, 6.45) is 3.39. The van der Waals surface area contributed by atoms with E-state index in [0.717, 1.165) is 19.3 Å². The lowest BCUT2D eigenvalue weighted by Gasteiger charge is -2.31. The molecule has 0 bridgehead atoms. The Kier molecular flexibility index (Phi) is 7.07. The third-order valence-corrected chi connectivity index (χ3v) is 6.44. The van der Waals surface area contributed by atoms with Gasteiger partial charge in [0.1, 0.15) is 0 Å². The first-order valence-corrected chi connectivity index (χ1v) is 10.4. The molecule has 0 aromatic heterocycles. The Bertz CT molecular complexity index is 664. The summed E-state index contributed by atoms with van der Waals surface area (Å²) in [6.45, 7) is 3.43. The molecule has 24 heavy (non-hydrogen) atoms. The Morgan fingerprint density at radius 3 is 2.83 bits per heavy atom. The number of carbonyl (C=O) groups is 1. The van der Waals surface area contributed by atoms with E-state index in [9.17, 15) is 13.2 Å². The van der Waals surface area contributed by atoms with Crippen LogP contribution in [0.3, 0.4) is 0 Å². The second-order valence-electron chi connectivity index (χ2n) is 6.19. The number of halogens is 1. The smallest absolute Gasteiger partial charge is 0.224 e. The quantitative estimate of drug-likeness (QED) is 0.748. The largest absolute Gasteiger partial charge is 0.356 e. The fourth-order valence-electron chi connectivity index (χ4n) is 2.85. The highest BCUT2D eigenvalue weighted by molar-refractivity contribution is 7.88. The van der Waals surface area contributed by atoms with E-state index in [1.165, 1.54) is 4.31 Å². The number of benzene rings is 1. The van der Waals surface area contributed by atoms with E-state index in [2.05, 4.69) is 12.2 Å². The van der Waals surface area contributed by atoms with Crippen LogP contribution < -0.4 is 5.32 Å². The maximum atomic E-state index is 12.7. The van der Waals surface area contributed by atoms with Crippen LogP contribution in [0, 0.1) is 5.92 Å². The molecule has 1 amide bonds. The minimum atomic E-state index is -3.48. The van der Waals surface area contributed by atoms with Gasteiger partial charge in [-0.1, -0.05) is 43.1 Å². The molecule has 0 saturated carbocycles. The molecule has 1 atom stereocenters. The maximum absolute atomic E-state index is 12.7. The van der Waals surface area contributed by atoms with Crippen molar-refractivity contribution in [2.45, 2.75) is 38.4 Å². The van der Waals surface area contributed by atoms with Gasteiger partial charge in [-0.2, -0.15) is 0 Å². The average Bonchev–Trinajstić information content (AvgIpc) is 2.57. The fourth-order valence-corrected chi connectivity index (χ4v) is 4.77. The maximum Gasteiger partial charge on any atom is 0.224 e. The van der Waals surface area contributed by atoms with Crippen molar-refractivity contribution in [3.8, 4) is 0 Å². The highest BCUT2D eigenvalue weighted by atomic mass is 35.5. The summed E-state index contributed by atoms with van der Waals surface area (Å²) in [4.78, 5) is 12.2. The third kappa shape index (κ3) is 5.19. The van der Waals surface area contributed by atoms with Crippen molar-refractivity contribution in [3.05, 3.63) is 34.9 Å². The summed E-state index contributed by atoms with van der Waals surface area (Å²) in [7, 11) is -3.48. The van der Waals surface area contributed by atoms with Gasteiger partial charge in [-0.05, 0) is 30.9 Å². The molecule has 1 heterocycles. The van der Waals surface area contributed by atoms with Crippen LogP contribution in [-0.2, 0) is 20.6 Å². The van der Waals surface area contributed by atoms with E-state index in [1.54, 1.807) is 24.3 Å². The van der Waals surface area contributed by atoms with Gasteiger partial charge < -0.3 is 5.32 Å². The van der Waals surface area contributed by atoms with Crippen LogP contribution in [0.15, 0.2) is 24.3 Å². The van der Waals surface area contributed by atoms with E-state index in [-0.39, 0.29) is 24.1 Å². The molecule has 0 aliphatic carbocycles. The molecular weight excluding hydrogens is 348 g/mol. The molecule has 2 rings (SSSR count). The molecule has 1 aliphatic heterocycles. The number of hydrogen-bond donors (Lipinski definition) is 1. The van der Waals surface area contributed by atoms with Crippen molar-refractivity contribution in [3.63, 3.8) is 0 Å². The van der Waals surface area contributed by atoms with E-state index < -0.39 is 10.0 Å². The molecule has 134 valence electrons. The van der Waals surface area contributed by atoms with E-state index in [1.807, 2.05) is 0 Å². The van der Waals surface area contributed by atoms with Crippen molar-refractivity contribution in [1.29, 1.82) is 0 Å². The summed E-state index contributed by atoms with van der Waals surface area (Å²) < 4.78 is 26.8. The molecule has 5 nitrogen and oxygen atoms in total. The Hall–Kier alpha value is -1.11. The molecule has 0 radical (unpaired) electrons. The lowest BCUT2D eigenvalue weighted by molar-refractivity contribution is -0.126. The highest BCUT2D eigenvalue weighted by Gasteiger charge is 2.32. The monoisotopic (exact) mass is 372 g/mol. The molecule has 1 N–H and O–H groups in total. The summed E-state index contributed by atoms with van der Waals surface area (Å²) in [6, 6.07) is 6.96. The van der Waals surface area contributed by atoms with Gasteiger partial charge in [0.05, 0.1) is 11.7 Å². The first kappa shape index (κ1) is 19.2. The first-order chi connectivity index (χ1) is 11.4. The lowest BCUT2D eigenvalue weighted by atomic mass is 9.99. The van der Waals surface area contributed by atoms with Gasteiger partial charge in [0.25, 0.3) is 0 Å². The topological polar surface area (TPSA) is 66.5 Å². The number of carbonyl (C=O) groups excluding carboxylic acids is 1. The van der Waals surface area contributed by atoms with Crippen molar-refractivity contribution >= 4 is 27.5 Å². The number of sulfonamides is 1. The van der Waals surface area contributed by atoms with Crippen LogP contribution in [0.2, 0.25) is 5.02 Å². The van der Waals surface area contributed by atoms with E-state index in [0.29, 0.717) is 30.1 Å². The van der Waals surface area contributed by atoms with Crippen molar-refractivity contribution in [2.75, 3.05) is 19.6 Å². The zero-order valence-electron chi connectivity index (χ0n) is 14.0. The molecule has 1 aromatic rings. The van der Waals surface area contributed by atoms with E-state index >= 15 is 0 Å². The number of nitrogens with one attached hydrogen (secondary N) is 1.